The van der Waals surface area contributed by atoms with Crippen molar-refractivity contribution in [2.75, 3.05) is 0 Å². The Kier molecular flexibility index (Phi) is 4.62. The zero-order valence-electron chi connectivity index (χ0n) is 16.4. The highest BCUT2D eigenvalue weighted by Gasteiger charge is 2.35. The van der Waals surface area contributed by atoms with Crippen LogP contribution in [0.25, 0.3) is 22.2 Å². The van der Waals surface area contributed by atoms with Crippen molar-refractivity contribution in [3.8, 4) is 11.3 Å². The molecule has 1 aromatic heterocycles. The van der Waals surface area contributed by atoms with Gasteiger partial charge in [-0.05, 0) is 23.3 Å². The number of aliphatic hydroxyl groups is 1. The predicted octanol–water partition coefficient (Wildman–Crippen LogP) is 6.19. The third-order valence-electron chi connectivity index (χ3n) is 5.56. The molecular weight excluding hydrogens is 366 g/mol. The minimum absolute atomic E-state index is 0.823. The zero-order chi connectivity index (χ0) is 20.4. The van der Waals surface area contributed by atoms with Gasteiger partial charge in [-0.25, -0.2) is 4.98 Å². The van der Waals surface area contributed by atoms with Crippen molar-refractivity contribution in [3.05, 3.63) is 138 Å². The Morgan fingerprint density at radius 1 is 0.567 bits per heavy atom. The molecule has 0 spiro atoms. The monoisotopic (exact) mass is 387 g/mol. The number of fused-ring (bicyclic) bond motifs is 1. The van der Waals surface area contributed by atoms with Gasteiger partial charge in [0.2, 0.25) is 0 Å². The molecule has 2 nitrogen and oxygen atoms in total. The quantitative estimate of drug-likeness (QED) is 0.399. The van der Waals surface area contributed by atoms with E-state index in [9.17, 15) is 5.11 Å². The standard InChI is InChI=1S/C28H21NO/c30-28(22-14-6-2-7-15-22,23-16-8-3-9-17-23)25-20-27(21-12-4-1-5-13-21)29-26-19-11-10-18-24(25)26/h1-20,30H. The summed E-state index contributed by atoms with van der Waals surface area (Å²) in [6, 6.07) is 39.8. The minimum Gasteiger partial charge on any atom is -0.376 e. The van der Waals surface area contributed by atoms with Crippen LogP contribution < -0.4 is 0 Å². The van der Waals surface area contributed by atoms with Crippen molar-refractivity contribution in [2.24, 2.45) is 0 Å². The molecule has 0 amide bonds. The molecule has 30 heavy (non-hydrogen) atoms. The lowest BCUT2D eigenvalue weighted by Gasteiger charge is -2.31. The fourth-order valence-corrected chi connectivity index (χ4v) is 4.07. The molecule has 1 N–H and O–H groups in total. The molecule has 0 saturated heterocycles. The number of hydrogen-bond acceptors (Lipinski definition) is 2. The Hall–Kier alpha value is -3.75. The highest BCUT2D eigenvalue weighted by molar-refractivity contribution is 5.87. The molecule has 144 valence electrons. The molecule has 0 atom stereocenters. The van der Waals surface area contributed by atoms with Crippen molar-refractivity contribution in [1.29, 1.82) is 0 Å². The normalized spacial score (nSPS) is 11.5. The fraction of sp³-hybridized carbons (Fsp3) is 0.0357. The zero-order valence-corrected chi connectivity index (χ0v) is 16.4. The van der Waals surface area contributed by atoms with E-state index in [1.165, 1.54) is 0 Å². The summed E-state index contributed by atoms with van der Waals surface area (Å²) in [7, 11) is 0. The van der Waals surface area contributed by atoms with Gasteiger partial charge in [0.15, 0.2) is 0 Å². The summed E-state index contributed by atoms with van der Waals surface area (Å²) in [6.07, 6.45) is 0. The van der Waals surface area contributed by atoms with Gasteiger partial charge in [-0.2, -0.15) is 0 Å². The summed E-state index contributed by atoms with van der Waals surface area (Å²) in [5.41, 5.74) is 3.89. The summed E-state index contributed by atoms with van der Waals surface area (Å²) < 4.78 is 0. The van der Waals surface area contributed by atoms with Crippen molar-refractivity contribution >= 4 is 10.9 Å². The van der Waals surface area contributed by atoms with Crippen LogP contribution in [0.4, 0.5) is 0 Å². The van der Waals surface area contributed by atoms with Gasteiger partial charge in [-0.1, -0.05) is 109 Å². The van der Waals surface area contributed by atoms with E-state index in [-0.39, 0.29) is 0 Å². The van der Waals surface area contributed by atoms with Gasteiger partial charge in [0, 0.05) is 16.5 Å². The van der Waals surface area contributed by atoms with Gasteiger partial charge >= 0.3 is 0 Å². The highest BCUT2D eigenvalue weighted by Crippen LogP contribution is 2.41. The molecule has 2 heteroatoms. The number of nitrogens with zero attached hydrogens (tertiary/aromatic N) is 1. The Morgan fingerprint density at radius 3 is 1.67 bits per heavy atom. The van der Waals surface area contributed by atoms with E-state index in [0.29, 0.717) is 0 Å². The van der Waals surface area contributed by atoms with Crippen LogP contribution >= 0.6 is 0 Å². The third-order valence-corrected chi connectivity index (χ3v) is 5.56. The number of benzene rings is 4. The minimum atomic E-state index is -1.31. The van der Waals surface area contributed by atoms with Crippen molar-refractivity contribution in [2.45, 2.75) is 5.60 Å². The molecule has 0 aliphatic rings. The SMILES string of the molecule is OC(c1ccccc1)(c1ccccc1)c1cc(-c2ccccc2)nc2ccccc12. The molecule has 0 saturated carbocycles. The molecule has 0 bridgehead atoms. The lowest BCUT2D eigenvalue weighted by Crippen LogP contribution is -2.29. The smallest absolute Gasteiger partial charge is 0.141 e. The van der Waals surface area contributed by atoms with Crippen LogP contribution in [0.1, 0.15) is 16.7 Å². The van der Waals surface area contributed by atoms with Gasteiger partial charge in [0.05, 0.1) is 11.2 Å². The first kappa shape index (κ1) is 18.3. The molecule has 0 aliphatic carbocycles. The van der Waals surface area contributed by atoms with E-state index in [1.807, 2.05) is 121 Å². The summed E-state index contributed by atoms with van der Waals surface area (Å²) in [6.45, 7) is 0. The third kappa shape index (κ3) is 3.08. The maximum atomic E-state index is 12.4. The van der Waals surface area contributed by atoms with Gasteiger partial charge in [0.25, 0.3) is 0 Å². The molecule has 4 aromatic carbocycles. The van der Waals surface area contributed by atoms with Crippen molar-refractivity contribution < 1.29 is 5.11 Å². The van der Waals surface area contributed by atoms with Crippen molar-refractivity contribution in [1.82, 2.24) is 4.98 Å². The van der Waals surface area contributed by atoms with Crippen LogP contribution in [0.15, 0.2) is 121 Å². The lowest BCUT2D eigenvalue weighted by atomic mass is 9.78. The molecule has 0 aliphatic heterocycles. The van der Waals surface area contributed by atoms with Crippen LogP contribution in [-0.4, -0.2) is 10.1 Å². The second kappa shape index (κ2) is 7.58. The van der Waals surface area contributed by atoms with E-state index in [4.69, 9.17) is 4.98 Å². The van der Waals surface area contributed by atoms with E-state index in [2.05, 4.69) is 0 Å². The van der Waals surface area contributed by atoms with E-state index in [1.54, 1.807) is 0 Å². The summed E-state index contributed by atoms with van der Waals surface area (Å²) in [4.78, 5) is 4.90. The van der Waals surface area contributed by atoms with Gasteiger partial charge in [-0.15, -0.1) is 0 Å². The highest BCUT2D eigenvalue weighted by atomic mass is 16.3. The molecule has 0 fully saturated rings. The van der Waals surface area contributed by atoms with E-state index in [0.717, 1.165) is 38.9 Å². The topological polar surface area (TPSA) is 33.1 Å². The molecule has 1 heterocycles. The Labute approximate surface area is 176 Å². The largest absolute Gasteiger partial charge is 0.376 e. The number of para-hydroxylation sites is 1. The number of aromatic nitrogens is 1. The molecule has 0 radical (unpaired) electrons. The van der Waals surface area contributed by atoms with Crippen LogP contribution in [0.2, 0.25) is 0 Å². The van der Waals surface area contributed by atoms with Gasteiger partial charge in [0.1, 0.15) is 5.60 Å². The molecule has 0 unspecified atom stereocenters. The number of rotatable bonds is 4. The fourth-order valence-electron chi connectivity index (χ4n) is 4.07. The molecular formula is C28H21NO. The Balaban J connectivity index is 1.87. The summed E-state index contributed by atoms with van der Waals surface area (Å²) in [5.74, 6) is 0. The summed E-state index contributed by atoms with van der Waals surface area (Å²) in [5, 5.41) is 13.3. The lowest BCUT2D eigenvalue weighted by molar-refractivity contribution is 0.127. The Morgan fingerprint density at radius 2 is 1.07 bits per heavy atom. The van der Waals surface area contributed by atoms with E-state index < -0.39 is 5.60 Å². The predicted molar refractivity (Wildman–Crippen MR) is 122 cm³/mol. The second-order valence-corrected chi connectivity index (χ2v) is 7.38. The average Bonchev–Trinajstić information content (AvgIpc) is 2.84. The van der Waals surface area contributed by atoms with Gasteiger partial charge in [-0.3, -0.25) is 0 Å². The average molecular weight is 387 g/mol. The van der Waals surface area contributed by atoms with Crippen LogP contribution in [0.5, 0.6) is 0 Å². The number of pyridine rings is 1. The van der Waals surface area contributed by atoms with E-state index >= 15 is 0 Å². The van der Waals surface area contributed by atoms with Crippen molar-refractivity contribution in [3.63, 3.8) is 0 Å². The second-order valence-electron chi connectivity index (χ2n) is 7.38. The van der Waals surface area contributed by atoms with Crippen LogP contribution in [0, 0.1) is 0 Å². The first-order valence-corrected chi connectivity index (χ1v) is 10.1. The maximum Gasteiger partial charge on any atom is 0.141 e. The van der Waals surface area contributed by atoms with Gasteiger partial charge < -0.3 is 5.11 Å². The van der Waals surface area contributed by atoms with Crippen LogP contribution in [-0.2, 0) is 5.60 Å². The first-order valence-electron chi connectivity index (χ1n) is 10.1. The number of hydrogen-bond donors (Lipinski definition) is 1. The van der Waals surface area contributed by atoms with Crippen LogP contribution in [0.3, 0.4) is 0 Å². The molecule has 5 aromatic rings. The first-order chi connectivity index (χ1) is 14.8. The molecule has 5 rings (SSSR count). The maximum absolute atomic E-state index is 12.4. The summed E-state index contributed by atoms with van der Waals surface area (Å²) >= 11 is 0. The Bertz CT molecular complexity index is 1240.